The molecule has 1 aliphatic rings. The molecule has 1 aromatic heterocycles. The molecule has 1 heterocycles. The van der Waals surface area contributed by atoms with Crippen LogP contribution in [0.15, 0.2) is 152 Å². The van der Waals surface area contributed by atoms with E-state index in [2.05, 4.69) is 157 Å². The molecule has 0 radical (unpaired) electrons. The quantitative estimate of drug-likeness (QED) is 0.209. The Morgan fingerprint density at radius 2 is 0.932 bits per heavy atom. The van der Waals surface area contributed by atoms with Gasteiger partial charge in [-0.05, 0) is 78.5 Å². The van der Waals surface area contributed by atoms with Crippen molar-refractivity contribution in [2.45, 2.75) is 0 Å². The van der Waals surface area contributed by atoms with Crippen molar-refractivity contribution in [3.63, 3.8) is 0 Å². The average Bonchev–Trinajstić information content (AvgIpc) is 3.62. The third-order valence-corrected chi connectivity index (χ3v) is 9.20. The van der Waals surface area contributed by atoms with Crippen LogP contribution in [0.5, 0.6) is 0 Å². The lowest BCUT2D eigenvalue weighted by Crippen LogP contribution is -1.92. The van der Waals surface area contributed by atoms with Crippen molar-refractivity contribution in [1.82, 2.24) is 9.55 Å². The number of nitrogens with zero attached hydrogens (tertiary/aromatic N) is 2. The smallest absolute Gasteiger partial charge is 0.140 e. The molecule has 0 atom stereocenters. The first kappa shape index (κ1) is 24.8. The fourth-order valence-corrected chi connectivity index (χ4v) is 7.16. The normalized spacial score (nSPS) is 11.8. The van der Waals surface area contributed by atoms with Gasteiger partial charge in [-0.2, -0.15) is 0 Å². The Morgan fingerprint density at radius 1 is 0.409 bits per heavy atom. The molecule has 2 heteroatoms. The Bertz CT molecular complexity index is 2290. The number of hydrogen-bond acceptors (Lipinski definition) is 1. The van der Waals surface area contributed by atoms with Gasteiger partial charge in [0.2, 0.25) is 0 Å². The molecular weight excluding hydrogens is 532 g/mol. The molecule has 0 amide bonds. The molecule has 9 rings (SSSR count). The third-order valence-electron chi connectivity index (χ3n) is 9.20. The first-order valence-corrected chi connectivity index (χ1v) is 15.1. The first-order chi connectivity index (χ1) is 21.8. The maximum atomic E-state index is 4.92. The maximum Gasteiger partial charge on any atom is 0.140 e. The third kappa shape index (κ3) is 3.64. The van der Waals surface area contributed by atoms with Gasteiger partial charge in [0.1, 0.15) is 5.82 Å². The van der Waals surface area contributed by atoms with Gasteiger partial charge in [-0.25, -0.2) is 4.98 Å². The highest BCUT2D eigenvalue weighted by Crippen LogP contribution is 2.55. The highest BCUT2D eigenvalue weighted by atomic mass is 15.1. The molecule has 0 fully saturated rings. The lowest BCUT2D eigenvalue weighted by atomic mass is 9.88. The van der Waals surface area contributed by atoms with Gasteiger partial charge in [-0.15, -0.1) is 0 Å². The predicted molar refractivity (Wildman–Crippen MR) is 184 cm³/mol. The largest absolute Gasteiger partial charge is 0.327 e. The van der Waals surface area contributed by atoms with E-state index in [4.69, 9.17) is 4.98 Å². The molecule has 7 aromatic carbocycles. The number of aryl methyl sites for hydroxylation is 1. The zero-order valence-electron chi connectivity index (χ0n) is 24.3. The molecule has 0 saturated heterocycles. The van der Waals surface area contributed by atoms with E-state index in [1.54, 1.807) is 0 Å². The van der Waals surface area contributed by atoms with E-state index in [1.165, 1.54) is 66.4 Å². The van der Waals surface area contributed by atoms with Crippen molar-refractivity contribution < 1.29 is 0 Å². The van der Waals surface area contributed by atoms with Crippen molar-refractivity contribution >= 4 is 21.8 Å². The second-order valence-electron chi connectivity index (χ2n) is 11.6. The summed E-state index contributed by atoms with van der Waals surface area (Å²) in [5, 5.41) is 2.62. The molecule has 2 nitrogen and oxygen atoms in total. The number of benzene rings is 7. The Balaban J connectivity index is 1.23. The molecule has 0 bridgehead atoms. The van der Waals surface area contributed by atoms with Gasteiger partial charge in [-0.1, -0.05) is 140 Å². The molecule has 206 valence electrons. The second-order valence-corrected chi connectivity index (χ2v) is 11.6. The van der Waals surface area contributed by atoms with E-state index in [0.29, 0.717) is 0 Å². The van der Waals surface area contributed by atoms with Crippen LogP contribution >= 0.6 is 0 Å². The standard InChI is InChI=1S/C42H28N2/c1-44-38-18-9-8-17-37(38)43-42(44)30-21-19-29(20-22-30)31-23-26-36-39-34(31)15-10-16-35(39)40-32(27-11-4-2-5-12-27)24-25-33(41(36)40)28-13-6-3-7-14-28/h2-26H,1H3. The van der Waals surface area contributed by atoms with Crippen molar-refractivity contribution in [2.75, 3.05) is 0 Å². The second kappa shape index (κ2) is 9.65. The minimum absolute atomic E-state index is 0.982. The summed E-state index contributed by atoms with van der Waals surface area (Å²) >= 11 is 0. The zero-order valence-corrected chi connectivity index (χ0v) is 24.3. The van der Waals surface area contributed by atoms with Gasteiger partial charge >= 0.3 is 0 Å². The number of rotatable bonds is 4. The summed E-state index contributed by atoms with van der Waals surface area (Å²) in [7, 11) is 2.09. The average molecular weight is 561 g/mol. The minimum atomic E-state index is 0.982. The number of imidazole rings is 1. The molecule has 0 aliphatic heterocycles. The topological polar surface area (TPSA) is 17.8 Å². The molecule has 8 aromatic rings. The molecular formula is C42H28N2. The number of hydrogen-bond donors (Lipinski definition) is 0. The van der Waals surface area contributed by atoms with E-state index in [1.807, 2.05) is 6.07 Å². The van der Waals surface area contributed by atoms with Crippen molar-refractivity contribution in [3.8, 4) is 67.0 Å². The van der Waals surface area contributed by atoms with Crippen LogP contribution in [0.4, 0.5) is 0 Å². The summed E-state index contributed by atoms with van der Waals surface area (Å²) in [5.74, 6) is 0.982. The van der Waals surface area contributed by atoms with Crippen molar-refractivity contribution in [2.24, 2.45) is 7.05 Å². The summed E-state index contributed by atoms with van der Waals surface area (Å²) < 4.78 is 2.18. The van der Waals surface area contributed by atoms with Crippen LogP contribution in [0.1, 0.15) is 0 Å². The summed E-state index contributed by atoms with van der Waals surface area (Å²) in [5.41, 5.74) is 16.0. The summed E-state index contributed by atoms with van der Waals surface area (Å²) in [6.07, 6.45) is 0. The van der Waals surface area contributed by atoms with E-state index in [-0.39, 0.29) is 0 Å². The summed E-state index contributed by atoms with van der Waals surface area (Å²) in [6.45, 7) is 0. The fourth-order valence-electron chi connectivity index (χ4n) is 7.16. The van der Waals surface area contributed by atoms with Crippen LogP contribution in [0, 0.1) is 0 Å². The molecule has 0 N–H and O–H groups in total. The van der Waals surface area contributed by atoms with E-state index in [9.17, 15) is 0 Å². The molecule has 1 aliphatic carbocycles. The van der Waals surface area contributed by atoms with Crippen LogP contribution in [0.2, 0.25) is 0 Å². The highest BCUT2D eigenvalue weighted by Gasteiger charge is 2.28. The Hall–Kier alpha value is -5.73. The molecule has 0 saturated carbocycles. The summed E-state index contributed by atoms with van der Waals surface area (Å²) in [4.78, 5) is 4.92. The van der Waals surface area contributed by atoms with Crippen LogP contribution < -0.4 is 0 Å². The molecule has 44 heavy (non-hydrogen) atoms. The molecule has 0 spiro atoms. The van der Waals surface area contributed by atoms with E-state index in [0.717, 1.165) is 22.4 Å². The van der Waals surface area contributed by atoms with Gasteiger partial charge < -0.3 is 4.57 Å². The van der Waals surface area contributed by atoms with Gasteiger partial charge in [0.05, 0.1) is 11.0 Å². The van der Waals surface area contributed by atoms with Crippen LogP contribution in [0.25, 0.3) is 88.8 Å². The Kier molecular flexibility index (Phi) is 5.45. The molecule has 0 unspecified atom stereocenters. The van der Waals surface area contributed by atoms with Gasteiger partial charge in [0.25, 0.3) is 0 Å². The van der Waals surface area contributed by atoms with Gasteiger partial charge in [0, 0.05) is 12.6 Å². The maximum absolute atomic E-state index is 4.92. The lowest BCUT2D eigenvalue weighted by molar-refractivity contribution is 0.959. The SMILES string of the molecule is Cn1c(-c2ccc(-c3ccc4c5c(cccc35)-c3c(-c5ccccc5)ccc(-c5ccccc5)c3-4)cc2)nc2ccccc21. The summed E-state index contributed by atoms with van der Waals surface area (Å²) in [6, 6.07) is 54.9. The van der Waals surface area contributed by atoms with E-state index >= 15 is 0 Å². The Labute approximate surface area is 256 Å². The monoisotopic (exact) mass is 560 g/mol. The van der Waals surface area contributed by atoms with E-state index < -0.39 is 0 Å². The zero-order chi connectivity index (χ0) is 29.2. The number of para-hydroxylation sites is 2. The van der Waals surface area contributed by atoms with Gasteiger partial charge in [-0.3, -0.25) is 0 Å². The van der Waals surface area contributed by atoms with Crippen LogP contribution in [0.3, 0.4) is 0 Å². The predicted octanol–water partition coefficient (Wildman–Crippen LogP) is 11.0. The van der Waals surface area contributed by atoms with Crippen LogP contribution in [-0.4, -0.2) is 9.55 Å². The van der Waals surface area contributed by atoms with Crippen molar-refractivity contribution in [1.29, 1.82) is 0 Å². The van der Waals surface area contributed by atoms with Crippen molar-refractivity contribution in [3.05, 3.63) is 152 Å². The van der Waals surface area contributed by atoms with Crippen LogP contribution in [-0.2, 0) is 7.05 Å². The first-order valence-electron chi connectivity index (χ1n) is 15.1. The van der Waals surface area contributed by atoms with Gasteiger partial charge in [0.15, 0.2) is 0 Å². The number of fused-ring (bicyclic) bond motifs is 4. The minimum Gasteiger partial charge on any atom is -0.327 e. The lowest BCUT2D eigenvalue weighted by Gasteiger charge is -2.15. The Morgan fingerprint density at radius 3 is 1.59 bits per heavy atom. The fraction of sp³-hybridized carbons (Fsp3) is 0.0238. The number of aromatic nitrogens is 2. The highest BCUT2D eigenvalue weighted by molar-refractivity contribution is 6.23.